The van der Waals surface area contributed by atoms with Crippen molar-refractivity contribution in [1.29, 1.82) is 5.26 Å². The molecular weight excluding hydrogens is 544 g/mol. The largest absolute Gasteiger partial charge is 0.477 e. The van der Waals surface area contributed by atoms with E-state index in [0.717, 1.165) is 28.3 Å². The topological polar surface area (TPSA) is 183 Å². The van der Waals surface area contributed by atoms with E-state index < -0.39 is 21.9 Å². The van der Waals surface area contributed by atoms with Crippen LogP contribution < -0.4 is 16.4 Å². The van der Waals surface area contributed by atoms with Crippen molar-refractivity contribution in [2.45, 2.75) is 32.0 Å². The number of nitrogens with zero attached hydrogens (tertiary/aromatic N) is 3. The Morgan fingerprint density at radius 3 is 2.51 bits per heavy atom. The van der Waals surface area contributed by atoms with Gasteiger partial charge in [-0.2, -0.15) is 5.26 Å². The van der Waals surface area contributed by atoms with Crippen LogP contribution in [0.25, 0.3) is 10.9 Å². The number of anilines is 2. The van der Waals surface area contributed by atoms with Gasteiger partial charge in [-0.15, -0.1) is 0 Å². The Hall–Kier alpha value is -4.44. The molecule has 0 radical (unpaired) electrons. The zero-order valence-corrected chi connectivity index (χ0v) is 23.5. The van der Waals surface area contributed by atoms with Crippen LogP contribution in [0.4, 0.5) is 11.5 Å². The molecule has 0 aliphatic carbocycles. The van der Waals surface area contributed by atoms with E-state index in [2.05, 4.69) is 15.6 Å². The smallest absolute Gasteiger partial charge is 0.352 e. The van der Waals surface area contributed by atoms with Crippen molar-refractivity contribution in [2.24, 2.45) is 0 Å². The first-order valence-corrected chi connectivity index (χ1v) is 14.9. The van der Waals surface area contributed by atoms with Gasteiger partial charge in [-0.25, -0.2) is 18.2 Å². The number of pyridine rings is 1. The summed E-state index contributed by atoms with van der Waals surface area (Å²) in [6.45, 7) is 2.57. The van der Waals surface area contributed by atoms with Gasteiger partial charge in [-0.05, 0) is 60.9 Å². The molecule has 2 heterocycles. The fraction of sp³-hybridized carbons (Fsp3) is 0.276. The van der Waals surface area contributed by atoms with Crippen LogP contribution in [-0.4, -0.2) is 58.9 Å². The summed E-state index contributed by atoms with van der Waals surface area (Å²) in [5.74, 6) is -1.08. The van der Waals surface area contributed by atoms with E-state index in [1.165, 1.54) is 12.3 Å². The molecule has 41 heavy (non-hydrogen) atoms. The third kappa shape index (κ3) is 7.61. The molecule has 4 rings (SSSR count). The predicted molar refractivity (Wildman–Crippen MR) is 157 cm³/mol. The van der Waals surface area contributed by atoms with Gasteiger partial charge in [0.05, 0.1) is 11.7 Å². The number of rotatable bonds is 12. The maximum absolute atomic E-state index is 12.1. The highest BCUT2D eigenvalue weighted by atomic mass is 32.2. The van der Waals surface area contributed by atoms with Gasteiger partial charge >= 0.3 is 5.97 Å². The monoisotopic (exact) mass is 576 g/mol. The number of carboxylic acid groups (broad SMARTS) is 1. The average Bonchev–Trinajstić information content (AvgIpc) is 3.29. The first-order chi connectivity index (χ1) is 19.4. The molecule has 214 valence electrons. The summed E-state index contributed by atoms with van der Waals surface area (Å²) in [7, 11) is -3.16. The summed E-state index contributed by atoms with van der Waals surface area (Å²) in [6.07, 6.45) is 2.38. The molecule has 11 nitrogen and oxygen atoms in total. The molecule has 2 unspecified atom stereocenters. The van der Waals surface area contributed by atoms with E-state index in [9.17, 15) is 23.4 Å². The second-order valence-electron chi connectivity index (χ2n) is 10.1. The number of benzene rings is 2. The lowest BCUT2D eigenvalue weighted by Crippen LogP contribution is -2.32. The molecule has 0 spiro atoms. The number of aliphatic hydroxyl groups is 1. The summed E-state index contributed by atoms with van der Waals surface area (Å²) < 4.78 is 24.5. The van der Waals surface area contributed by atoms with Crippen molar-refractivity contribution in [3.63, 3.8) is 0 Å². The molecular formula is C29H32N6O5S. The Morgan fingerprint density at radius 2 is 1.85 bits per heavy atom. The maximum atomic E-state index is 12.1. The second-order valence-corrected chi connectivity index (χ2v) is 12.2. The van der Waals surface area contributed by atoms with Crippen LogP contribution in [0.1, 0.15) is 45.8 Å². The fourth-order valence-corrected chi connectivity index (χ4v) is 4.97. The number of nitriles is 1. The molecule has 0 aliphatic rings. The molecule has 4 aromatic rings. The summed E-state index contributed by atoms with van der Waals surface area (Å²) in [4.78, 5) is 16.0. The highest BCUT2D eigenvalue weighted by Gasteiger charge is 2.17. The van der Waals surface area contributed by atoms with Crippen molar-refractivity contribution >= 4 is 38.2 Å². The summed E-state index contributed by atoms with van der Waals surface area (Å²) in [5.41, 5.74) is 9.85. The minimum Gasteiger partial charge on any atom is -0.477 e. The number of hydrogen-bond acceptors (Lipinski definition) is 9. The third-order valence-electron chi connectivity index (χ3n) is 6.66. The number of hydrogen-bond donors (Lipinski definition) is 5. The van der Waals surface area contributed by atoms with E-state index in [0.29, 0.717) is 24.2 Å². The maximum Gasteiger partial charge on any atom is 0.352 e. The van der Waals surface area contributed by atoms with E-state index in [1.807, 2.05) is 43.3 Å². The van der Waals surface area contributed by atoms with Crippen LogP contribution in [0.2, 0.25) is 0 Å². The first-order valence-electron chi connectivity index (χ1n) is 12.9. The number of aromatic carboxylic acids is 1. The lowest BCUT2D eigenvalue weighted by molar-refractivity contribution is 0.0686. The fourth-order valence-electron chi connectivity index (χ4n) is 4.54. The van der Waals surface area contributed by atoms with E-state index in [4.69, 9.17) is 11.0 Å². The van der Waals surface area contributed by atoms with E-state index in [1.54, 1.807) is 22.8 Å². The number of aromatic nitrogens is 2. The highest BCUT2D eigenvalue weighted by Crippen LogP contribution is 2.24. The minimum absolute atomic E-state index is 0.00451. The quantitative estimate of drug-likeness (QED) is 0.168. The Bertz CT molecular complexity index is 1710. The molecule has 0 saturated carbocycles. The molecule has 2 aromatic carbocycles. The zero-order valence-electron chi connectivity index (χ0n) is 22.7. The number of nitrogen functional groups attached to an aromatic ring is 1. The Morgan fingerprint density at radius 1 is 1.15 bits per heavy atom. The zero-order chi connectivity index (χ0) is 29.7. The highest BCUT2D eigenvalue weighted by molar-refractivity contribution is 7.90. The summed E-state index contributed by atoms with van der Waals surface area (Å²) >= 11 is 0. The van der Waals surface area contributed by atoms with Crippen molar-refractivity contribution in [3.05, 3.63) is 88.7 Å². The second kappa shape index (κ2) is 12.4. The van der Waals surface area contributed by atoms with E-state index >= 15 is 0 Å². The molecule has 0 aliphatic heterocycles. The van der Waals surface area contributed by atoms with E-state index in [-0.39, 0.29) is 35.5 Å². The van der Waals surface area contributed by atoms with Gasteiger partial charge in [0.15, 0.2) is 9.84 Å². The van der Waals surface area contributed by atoms with Crippen molar-refractivity contribution in [3.8, 4) is 6.07 Å². The number of aliphatic hydroxyl groups excluding tert-OH is 1. The molecule has 0 amide bonds. The average molecular weight is 577 g/mol. The molecule has 2 atom stereocenters. The number of nitrogens with two attached hydrogens (primary N) is 1. The van der Waals surface area contributed by atoms with Gasteiger partial charge in [-0.1, -0.05) is 18.2 Å². The van der Waals surface area contributed by atoms with Crippen molar-refractivity contribution in [1.82, 2.24) is 14.9 Å². The minimum atomic E-state index is -3.16. The van der Waals surface area contributed by atoms with Gasteiger partial charge in [-0.3, -0.25) is 0 Å². The van der Waals surface area contributed by atoms with Crippen LogP contribution >= 0.6 is 0 Å². The predicted octanol–water partition coefficient (Wildman–Crippen LogP) is 2.90. The van der Waals surface area contributed by atoms with Gasteiger partial charge < -0.3 is 31.1 Å². The molecule has 12 heteroatoms. The van der Waals surface area contributed by atoms with Gasteiger partial charge in [0.1, 0.15) is 23.5 Å². The normalized spacial score (nSPS) is 13.0. The van der Waals surface area contributed by atoms with Crippen LogP contribution in [0.15, 0.2) is 60.8 Å². The first kappa shape index (κ1) is 29.5. The van der Waals surface area contributed by atoms with Gasteiger partial charge in [0, 0.05) is 53.7 Å². The standard InChI is InChI=1S/C29H32N6O5S/c1-18(32-15-27(36)23-11-22(13-30)28(31)33-14-23)9-20-5-8-25-21(10-20)12-26(29(37)38)35(25)16-19-3-6-24(7-4-19)34-17-41(2,39)40/h3-8,10-12,14,18,27,32,34,36H,9,15-17H2,1-2H3,(H2,31,33)(H,37,38). The summed E-state index contributed by atoms with van der Waals surface area (Å²) in [5, 5.41) is 36.5. The third-order valence-corrected chi connectivity index (χ3v) is 7.33. The lowest BCUT2D eigenvalue weighted by Gasteiger charge is -2.18. The Kier molecular flexibility index (Phi) is 8.92. The van der Waals surface area contributed by atoms with Crippen LogP contribution in [0.3, 0.4) is 0 Å². The number of nitrogens with one attached hydrogen (secondary N) is 2. The molecule has 6 N–H and O–H groups in total. The summed E-state index contributed by atoms with van der Waals surface area (Å²) in [6, 6.07) is 18.2. The van der Waals surface area contributed by atoms with Crippen LogP contribution in [0.5, 0.6) is 0 Å². The number of carboxylic acids is 1. The van der Waals surface area contributed by atoms with Crippen LogP contribution in [-0.2, 0) is 22.8 Å². The van der Waals surface area contributed by atoms with Gasteiger partial charge in [0.2, 0.25) is 0 Å². The number of carbonyl (C=O) groups is 1. The van der Waals surface area contributed by atoms with Crippen LogP contribution in [0, 0.1) is 11.3 Å². The lowest BCUT2D eigenvalue weighted by atomic mass is 10.0. The van der Waals surface area contributed by atoms with Gasteiger partial charge in [0.25, 0.3) is 0 Å². The van der Waals surface area contributed by atoms with Crippen molar-refractivity contribution in [2.75, 3.05) is 29.7 Å². The molecule has 0 fully saturated rings. The molecule has 2 aromatic heterocycles. The SMILES string of the molecule is CC(Cc1ccc2c(c1)cc(C(=O)O)n2Cc1ccc(NCS(C)(=O)=O)cc1)NCC(O)c1cnc(N)c(C#N)c1. The number of fused-ring (bicyclic) bond motifs is 1. The Labute approximate surface area is 238 Å². The Balaban J connectivity index is 1.44. The molecule has 0 saturated heterocycles. The van der Waals surface area contributed by atoms with Crippen molar-refractivity contribution < 1.29 is 23.4 Å². The molecule has 0 bridgehead atoms. The number of sulfone groups is 1.